The van der Waals surface area contributed by atoms with Crippen molar-refractivity contribution in [3.63, 3.8) is 0 Å². The Morgan fingerprint density at radius 3 is 2.62 bits per heavy atom. The highest BCUT2D eigenvalue weighted by atomic mass is 19.4. The molecule has 0 unspecified atom stereocenters. The number of fused-ring (bicyclic) bond motifs is 1. The number of imidazole rings is 1. The van der Waals surface area contributed by atoms with Gasteiger partial charge < -0.3 is 4.98 Å². The van der Waals surface area contributed by atoms with Crippen LogP contribution < -0.4 is 0 Å². The van der Waals surface area contributed by atoms with Crippen molar-refractivity contribution in [2.24, 2.45) is 0 Å². The van der Waals surface area contributed by atoms with E-state index < -0.39 is 11.7 Å². The maximum Gasteiger partial charge on any atom is 0.416 e. The maximum atomic E-state index is 12.7. The minimum atomic E-state index is -4.35. The van der Waals surface area contributed by atoms with Gasteiger partial charge in [0.2, 0.25) is 0 Å². The molecule has 0 bridgehead atoms. The third kappa shape index (κ3) is 3.45. The van der Waals surface area contributed by atoms with Gasteiger partial charge in [-0.1, -0.05) is 12.1 Å². The Morgan fingerprint density at radius 2 is 1.92 bits per heavy atom. The minimum Gasteiger partial charge on any atom is -0.348 e. The van der Waals surface area contributed by atoms with Gasteiger partial charge in [-0.25, -0.2) is 15.0 Å². The number of halogens is 3. The molecule has 8 heteroatoms. The number of H-pyrrole nitrogens is 1. The zero-order chi connectivity index (χ0) is 18.1. The largest absolute Gasteiger partial charge is 0.416 e. The summed E-state index contributed by atoms with van der Waals surface area (Å²) in [4.78, 5) is 18.5. The first-order valence-electron chi connectivity index (χ1n) is 8.22. The van der Waals surface area contributed by atoms with Crippen LogP contribution in [0.3, 0.4) is 0 Å². The molecule has 1 aromatic carbocycles. The van der Waals surface area contributed by atoms with Crippen molar-refractivity contribution in [2.45, 2.75) is 25.7 Å². The van der Waals surface area contributed by atoms with E-state index in [1.165, 1.54) is 12.1 Å². The van der Waals surface area contributed by atoms with Gasteiger partial charge in [-0.2, -0.15) is 13.2 Å². The van der Waals surface area contributed by atoms with Crippen LogP contribution in [0.15, 0.2) is 42.9 Å². The van der Waals surface area contributed by atoms with Crippen LogP contribution in [-0.4, -0.2) is 31.4 Å². The van der Waals surface area contributed by atoms with E-state index in [-0.39, 0.29) is 0 Å². The Balaban J connectivity index is 1.55. The summed E-state index contributed by atoms with van der Waals surface area (Å²) in [5, 5.41) is 0. The van der Waals surface area contributed by atoms with Gasteiger partial charge in [0.1, 0.15) is 5.82 Å². The monoisotopic (exact) mass is 359 g/mol. The van der Waals surface area contributed by atoms with Gasteiger partial charge in [-0.05, 0) is 24.1 Å². The van der Waals surface area contributed by atoms with Crippen molar-refractivity contribution in [3.8, 4) is 11.4 Å². The van der Waals surface area contributed by atoms with E-state index in [1.807, 2.05) is 0 Å². The standard InChI is InChI=1S/C18H16F3N5/c19-18(20,21)14-3-1-12(2-4-14)17-24-9-13-5-8-26(10-15(13)25-17)11-16-22-6-7-23-16/h1-4,6-7,9H,5,8,10-11H2,(H,22,23). The van der Waals surface area contributed by atoms with E-state index in [4.69, 9.17) is 0 Å². The number of alkyl halides is 3. The van der Waals surface area contributed by atoms with Crippen LogP contribution in [0.1, 0.15) is 22.6 Å². The third-order valence-corrected chi connectivity index (χ3v) is 4.42. The van der Waals surface area contributed by atoms with Crippen molar-refractivity contribution in [1.29, 1.82) is 0 Å². The molecular formula is C18H16F3N5. The lowest BCUT2D eigenvalue weighted by molar-refractivity contribution is -0.137. The first-order valence-corrected chi connectivity index (χ1v) is 8.22. The number of aromatic amines is 1. The number of hydrogen-bond acceptors (Lipinski definition) is 4. The summed E-state index contributed by atoms with van der Waals surface area (Å²) < 4.78 is 38.1. The summed E-state index contributed by atoms with van der Waals surface area (Å²) in [6.45, 7) is 2.24. The van der Waals surface area contributed by atoms with Crippen LogP contribution in [0.4, 0.5) is 13.2 Å². The van der Waals surface area contributed by atoms with Crippen molar-refractivity contribution in [2.75, 3.05) is 6.54 Å². The Labute approximate surface area is 147 Å². The lowest BCUT2D eigenvalue weighted by Crippen LogP contribution is -2.31. The summed E-state index contributed by atoms with van der Waals surface area (Å²) in [6, 6.07) is 4.94. The topological polar surface area (TPSA) is 57.7 Å². The lowest BCUT2D eigenvalue weighted by atomic mass is 10.1. The third-order valence-electron chi connectivity index (χ3n) is 4.42. The van der Waals surface area contributed by atoms with Crippen LogP contribution in [-0.2, 0) is 25.7 Å². The number of hydrogen-bond donors (Lipinski definition) is 1. The first-order chi connectivity index (χ1) is 12.5. The molecule has 3 aromatic rings. The van der Waals surface area contributed by atoms with E-state index in [1.54, 1.807) is 18.6 Å². The van der Waals surface area contributed by atoms with E-state index in [0.717, 1.165) is 42.2 Å². The second-order valence-corrected chi connectivity index (χ2v) is 6.24. The van der Waals surface area contributed by atoms with E-state index in [2.05, 4.69) is 24.8 Å². The maximum absolute atomic E-state index is 12.7. The van der Waals surface area contributed by atoms with Gasteiger partial charge in [-0.15, -0.1) is 0 Å². The molecule has 0 saturated carbocycles. The predicted molar refractivity (Wildman–Crippen MR) is 88.9 cm³/mol. The molecule has 26 heavy (non-hydrogen) atoms. The average molecular weight is 359 g/mol. The molecule has 0 amide bonds. The van der Waals surface area contributed by atoms with Crippen LogP contribution in [0.5, 0.6) is 0 Å². The highest BCUT2D eigenvalue weighted by Gasteiger charge is 2.30. The second kappa shape index (κ2) is 6.53. The summed E-state index contributed by atoms with van der Waals surface area (Å²) in [6.07, 6.45) is 1.78. The van der Waals surface area contributed by atoms with Gasteiger partial charge in [0.25, 0.3) is 0 Å². The molecule has 0 fully saturated rings. The van der Waals surface area contributed by atoms with Gasteiger partial charge in [0, 0.05) is 37.2 Å². The Hall–Kier alpha value is -2.74. The Kier molecular flexibility index (Phi) is 4.20. The molecule has 2 aromatic heterocycles. The van der Waals surface area contributed by atoms with Crippen molar-refractivity contribution < 1.29 is 13.2 Å². The molecule has 1 aliphatic heterocycles. The fourth-order valence-corrected chi connectivity index (χ4v) is 3.04. The van der Waals surface area contributed by atoms with Gasteiger partial charge in [0.15, 0.2) is 5.82 Å². The molecule has 0 spiro atoms. The van der Waals surface area contributed by atoms with Crippen LogP contribution in [0, 0.1) is 0 Å². The lowest BCUT2D eigenvalue weighted by Gasteiger charge is -2.27. The summed E-state index contributed by atoms with van der Waals surface area (Å²) in [7, 11) is 0. The van der Waals surface area contributed by atoms with Gasteiger partial charge in [-0.3, -0.25) is 4.90 Å². The molecule has 0 atom stereocenters. The molecule has 134 valence electrons. The molecule has 4 rings (SSSR count). The highest BCUT2D eigenvalue weighted by Crippen LogP contribution is 2.30. The molecule has 3 heterocycles. The van der Waals surface area contributed by atoms with Crippen LogP contribution in [0.2, 0.25) is 0 Å². The molecule has 1 aliphatic rings. The number of nitrogens with one attached hydrogen (secondary N) is 1. The number of rotatable bonds is 3. The predicted octanol–water partition coefficient (Wildman–Crippen LogP) is 3.44. The summed E-state index contributed by atoms with van der Waals surface area (Å²) in [5.41, 5.74) is 1.89. The zero-order valence-electron chi connectivity index (χ0n) is 13.8. The smallest absolute Gasteiger partial charge is 0.348 e. The fourth-order valence-electron chi connectivity index (χ4n) is 3.04. The van der Waals surface area contributed by atoms with Crippen molar-refractivity contribution in [3.05, 3.63) is 65.5 Å². The quantitative estimate of drug-likeness (QED) is 0.778. The second-order valence-electron chi connectivity index (χ2n) is 6.24. The van der Waals surface area contributed by atoms with Crippen molar-refractivity contribution in [1.82, 2.24) is 24.8 Å². The SMILES string of the molecule is FC(F)(F)c1ccc(-c2ncc3c(n2)CN(Cc2ncc[nH]2)CC3)cc1. The minimum absolute atomic E-state index is 0.442. The zero-order valence-corrected chi connectivity index (χ0v) is 13.8. The summed E-state index contributed by atoms with van der Waals surface area (Å²) >= 11 is 0. The Morgan fingerprint density at radius 1 is 1.12 bits per heavy atom. The molecular weight excluding hydrogens is 343 g/mol. The van der Waals surface area contributed by atoms with Gasteiger partial charge >= 0.3 is 6.18 Å². The van der Waals surface area contributed by atoms with Crippen LogP contribution in [0.25, 0.3) is 11.4 Å². The molecule has 0 aliphatic carbocycles. The fraction of sp³-hybridized carbons (Fsp3) is 0.278. The number of benzene rings is 1. The van der Waals surface area contributed by atoms with Crippen molar-refractivity contribution >= 4 is 0 Å². The molecule has 0 radical (unpaired) electrons. The van der Waals surface area contributed by atoms with E-state index in [0.29, 0.717) is 24.5 Å². The highest BCUT2D eigenvalue weighted by molar-refractivity contribution is 5.56. The van der Waals surface area contributed by atoms with E-state index >= 15 is 0 Å². The van der Waals surface area contributed by atoms with Crippen LogP contribution >= 0.6 is 0 Å². The molecule has 1 N–H and O–H groups in total. The number of aromatic nitrogens is 4. The van der Waals surface area contributed by atoms with E-state index in [9.17, 15) is 13.2 Å². The Bertz CT molecular complexity index is 888. The summed E-state index contributed by atoms with van der Waals surface area (Å²) in [5.74, 6) is 1.34. The molecule has 5 nitrogen and oxygen atoms in total. The normalized spacial score (nSPS) is 15.0. The molecule has 0 saturated heterocycles. The number of nitrogens with zero attached hydrogens (tertiary/aromatic N) is 4. The average Bonchev–Trinajstić information content (AvgIpc) is 3.13. The van der Waals surface area contributed by atoms with Gasteiger partial charge in [0.05, 0.1) is 17.8 Å². The first kappa shape index (κ1) is 16.7.